The second kappa shape index (κ2) is 6.73. The van der Waals surface area contributed by atoms with E-state index >= 15 is 0 Å². The van der Waals surface area contributed by atoms with Gasteiger partial charge in [0.15, 0.2) is 0 Å². The predicted octanol–water partition coefficient (Wildman–Crippen LogP) is 2.61. The van der Waals surface area contributed by atoms with Crippen molar-refractivity contribution in [3.8, 4) is 0 Å². The molecule has 1 aromatic carbocycles. The van der Waals surface area contributed by atoms with Crippen LogP contribution in [0.25, 0.3) is 0 Å². The molecule has 1 rings (SSSR count). The third-order valence-corrected chi connectivity index (χ3v) is 3.01. The molecule has 4 heteroatoms. The first-order valence-electron chi connectivity index (χ1n) is 6.18. The topological polar surface area (TPSA) is 63.6 Å². The fourth-order valence-corrected chi connectivity index (χ4v) is 1.91. The smallest absolute Gasteiger partial charge is 0.345 e. The summed E-state index contributed by atoms with van der Waals surface area (Å²) < 4.78 is 4.46. The zero-order valence-electron chi connectivity index (χ0n) is 11.4. The number of methoxy groups -OCH3 is 1. The number of carbonyl (C=O) groups is 2. The maximum Gasteiger partial charge on any atom is 0.345 e. The van der Waals surface area contributed by atoms with Crippen molar-refractivity contribution in [1.29, 1.82) is 0 Å². The Kier molecular flexibility index (Phi) is 5.30. The Morgan fingerprint density at radius 2 is 1.84 bits per heavy atom. The fourth-order valence-electron chi connectivity index (χ4n) is 1.91. The van der Waals surface area contributed by atoms with Gasteiger partial charge in [-0.25, -0.2) is 4.79 Å². The van der Waals surface area contributed by atoms with Crippen LogP contribution in [-0.2, 0) is 22.4 Å². The summed E-state index contributed by atoms with van der Waals surface area (Å²) in [5.74, 6) is -1.38. The number of esters is 1. The van der Waals surface area contributed by atoms with Gasteiger partial charge in [0, 0.05) is 5.56 Å². The van der Waals surface area contributed by atoms with Crippen molar-refractivity contribution in [2.24, 2.45) is 0 Å². The van der Waals surface area contributed by atoms with Crippen molar-refractivity contribution < 1.29 is 19.4 Å². The van der Waals surface area contributed by atoms with Crippen LogP contribution in [-0.4, -0.2) is 24.0 Å². The number of hydrogen-bond donors (Lipinski definition) is 1. The molecule has 0 spiro atoms. The van der Waals surface area contributed by atoms with Gasteiger partial charge in [-0.1, -0.05) is 26.0 Å². The summed E-state index contributed by atoms with van der Waals surface area (Å²) in [5, 5.41) is 9.00. The van der Waals surface area contributed by atoms with E-state index in [-0.39, 0.29) is 5.57 Å². The number of hydrogen-bond acceptors (Lipinski definition) is 4. The summed E-state index contributed by atoms with van der Waals surface area (Å²) in [4.78, 5) is 23.5. The lowest BCUT2D eigenvalue weighted by atomic mass is 9.96. The lowest BCUT2D eigenvalue weighted by Crippen LogP contribution is -2.15. The molecular formula is C15H18O4. The number of aliphatic hydroxyl groups excluding tert-OH is 1. The van der Waals surface area contributed by atoms with Crippen molar-refractivity contribution in [2.75, 3.05) is 7.11 Å². The molecule has 19 heavy (non-hydrogen) atoms. The van der Waals surface area contributed by atoms with Gasteiger partial charge >= 0.3 is 5.97 Å². The monoisotopic (exact) mass is 262 g/mol. The van der Waals surface area contributed by atoms with Crippen molar-refractivity contribution in [3.05, 3.63) is 46.7 Å². The van der Waals surface area contributed by atoms with Crippen molar-refractivity contribution >= 4 is 11.8 Å². The molecule has 0 aliphatic heterocycles. The molecule has 0 aliphatic rings. The summed E-state index contributed by atoms with van der Waals surface area (Å²) in [5.41, 5.74) is 2.25. The molecule has 0 aliphatic carbocycles. The van der Waals surface area contributed by atoms with Crippen LogP contribution >= 0.6 is 0 Å². The molecule has 0 radical (unpaired) electrons. The minimum atomic E-state index is -0.842. The van der Waals surface area contributed by atoms with Crippen LogP contribution < -0.4 is 0 Å². The van der Waals surface area contributed by atoms with Gasteiger partial charge in [0.25, 0.3) is 0 Å². The minimum absolute atomic E-state index is 0.367. The van der Waals surface area contributed by atoms with Gasteiger partial charge in [-0.05, 0) is 30.0 Å². The highest BCUT2D eigenvalue weighted by molar-refractivity contribution is 6.24. The van der Waals surface area contributed by atoms with E-state index in [1.165, 1.54) is 5.56 Å². The molecule has 0 atom stereocenters. The first kappa shape index (κ1) is 15.0. The molecular weight excluding hydrogens is 244 g/mol. The van der Waals surface area contributed by atoms with E-state index in [0.29, 0.717) is 11.8 Å². The van der Waals surface area contributed by atoms with Crippen LogP contribution in [0.4, 0.5) is 0 Å². The highest BCUT2D eigenvalue weighted by Gasteiger charge is 2.21. The van der Waals surface area contributed by atoms with Crippen LogP contribution in [0.3, 0.4) is 0 Å². The van der Waals surface area contributed by atoms with Gasteiger partial charge in [-0.2, -0.15) is 0 Å². The highest BCUT2D eigenvalue weighted by Crippen LogP contribution is 2.17. The molecule has 0 bridgehead atoms. The molecule has 0 heterocycles. The Balaban J connectivity index is 3.16. The Morgan fingerprint density at radius 1 is 1.21 bits per heavy atom. The van der Waals surface area contributed by atoms with Crippen molar-refractivity contribution in [1.82, 2.24) is 0 Å². The van der Waals surface area contributed by atoms with E-state index in [2.05, 4.69) is 4.74 Å². The van der Waals surface area contributed by atoms with E-state index < -0.39 is 11.8 Å². The van der Waals surface area contributed by atoms with E-state index in [1.807, 2.05) is 19.9 Å². The average molecular weight is 262 g/mol. The lowest BCUT2D eigenvalue weighted by molar-refractivity contribution is -0.135. The number of benzene rings is 1. The zero-order valence-corrected chi connectivity index (χ0v) is 11.4. The zero-order chi connectivity index (χ0) is 14.4. The number of aryl methyl sites for hydroxylation is 2. The normalized spacial score (nSPS) is 11.2. The first-order valence-corrected chi connectivity index (χ1v) is 6.18. The fraction of sp³-hybridized carbons (Fsp3) is 0.333. The van der Waals surface area contributed by atoms with Gasteiger partial charge in [0.2, 0.25) is 5.78 Å². The summed E-state index contributed by atoms with van der Waals surface area (Å²) in [6, 6.07) is 5.29. The Labute approximate surface area is 112 Å². The number of ketones is 1. The molecule has 0 aromatic heterocycles. The van der Waals surface area contributed by atoms with E-state index in [4.69, 9.17) is 5.11 Å². The molecule has 0 saturated heterocycles. The van der Waals surface area contributed by atoms with Crippen LogP contribution in [0.2, 0.25) is 0 Å². The number of ether oxygens (including phenoxy) is 1. The molecule has 0 fully saturated rings. The predicted molar refractivity (Wildman–Crippen MR) is 72.3 cm³/mol. The summed E-state index contributed by atoms with van der Waals surface area (Å²) in [6.07, 6.45) is 2.19. The minimum Gasteiger partial charge on any atom is -0.515 e. The summed E-state index contributed by atoms with van der Waals surface area (Å²) in [7, 11) is 1.16. The summed E-state index contributed by atoms with van der Waals surface area (Å²) >= 11 is 0. The Morgan fingerprint density at radius 3 is 2.32 bits per heavy atom. The van der Waals surface area contributed by atoms with Gasteiger partial charge in [0.05, 0.1) is 13.4 Å². The van der Waals surface area contributed by atoms with Gasteiger partial charge in [0.1, 0.15) is 5.57 Å². The second-order valence-electron chi connectivity index (χ2n) is 4.05. The average Bonchev–Trinajstić information content (AvgIpc) is 2.46. The van der Waals surface area contributed by atoms with Crippen LogP contribution in [0.15, 0.2) is 30.0 Å². The Bertz CT molecular complexity index is 515. The van der Waals surface area contributed by atoms with Crippen molar-refractivity contribution in [3.63, 3.8) is 0 Å². The number of aliphatic hydroxyl groups is 1. The summed E-state index contributed by atoms with van der Waals surface area (Å²) in [6.45, 7) is 4.05. The molecule has 0 saturated carbocycles. The van der Waals surface area contributed by atoms with E-state index in [1.54, 1.807) is 12.1 Å². The number of rotatable bonds is 5. The van der Waals surface area contributed by atoms with Crippen LogP contribution in [0, 0.1) is 0 Å². The van der Waals surface area contributed by atoms with Crippen LogP contribution in [0.1, 0.15) is 35.3 Å². The van der Waals surface area contributed by atoms with E-state index in [9.17, 15) is 9.59 Å². The molecule has 102 valence electrons. The molecule has 4 nitrogen and oxygen atoms in total. The van der Waals surface area contributed by atoms with Crippen LogP contribution in [0.5, 0.6) is 0 Å². The quantitative estimate of drug-likeness (QED) is 0.221. The highest BCUT2D eigenvalue weighted by atomic mass is 16.5. The molecule has 0 amide bonds. The first-order chi connectivity index (χ1) is 9.08. The Hall–Kier alpha value is -2.10. The molecule has 1 aromatic rings. The van der Waals surface area contributed by atoms with Crippen molar-refractivity contribution in [2.45, 2.75) is 26.7 Å². The van der Waals surface area contributed by atoms with Gasteiger partial charge in [-0.15, -0.1) is 0 Å². The van der Waals surface area contributed by atoms with Gasteiger partial charge in [-0.3, -0.25) is 4.79 Å². The molecule has 1 N–H and O–H groups in total. The molecule has 0 unspecified atom stereocenters. The third kappa shape index (κ3) is 3.22. The SMILES string of the molecule is CCc1ccc(C(=O)/C(=C/O)C(=O)OC)cc1CC. The lowest BCUT2D eigenvalue weighted by Gasteiger charge is -2.09. The second-order valence-corrected chi connectivity index (χ2v) is 4.05. The standard InChI is InChI=1S/C15H18O4/c1-4-10-6-7-12(8-11(10)5-2)14(17)13(9-16)15(18)19-3/h6-9,16H,4-5H2,1-3H3/b13-9-. The van der Waals surface area contributed by atoms with Gasteiger partial charge < -0.3 is 9.84 Å². The maximum atomic E-state index is 12.1. The largest absolute Gasteiger partial charge is 0.515 e. The number of Topliss-reactive ketones (excluding diaryl/α,β-unsaturated/α-hetero) is 1. The number of carbonyl (C=O) groups excluding carboxylic acids is 2. The third-order valence-electron chi connectivity index (χ3n) is 3.01. The van der Waals surface area contributed by atoms with E-state index in [0.717, 1.165) is 25.5 Å². The maximum absolute atomic E-state index is 12.1.